The molecule has 182 valence electrons. The zero-order valence-corrected chi connectivity index (χ0v) is 20.2. The van der Waals surface area contributed by atoms with Gasteiger partial charge in [-0.25, -0.2) is 27.6 Å². The number of carbonyl (C=O) groups is 1. The number of rotatable bonds is 5. The van der Waals surface area contributed by atoms with Gasteiger partial charge in [0.15, 0.2) is 9.84 Å². The third kappa shape index (κ3) is 4.28. The van der Waals surface area contributed by atoms with Crippen LogP contribution in [-0.4, -0.2) is 66.4 Å². The first-order valence-electron chi connectivity index (χ1n) is 11.4. The summed E-state index contributed by atoms with van der Waals surface area (Å²) in [5.41, 5.74) is 0.572. The molecule has 1 N–H and O–H groups in total. The molecule has 1 aromatic carbocycles. The Balaban J connectivity index is 1.33. The maximum absolute atomic E-state index is 14.6. The maximum Gasteiger partial charge on any atom is 0.410 e. The monoisotopic (exact) mass is 489 g/mol. The lowest BCUT2D eigenvalue weighted by Crippen LogP contribution is -2.56. The summed E-state index contributed by atoms with van der Waals surface area (Å²) in [4.78, 5) is 25.5. The van der Waals surface area contributed by atoms with Crippen LogP contribution in [-0.2, 0) is 14.6 Å². The fraction of sp³-hybridized carbons (Fsp3) is 0.522. The fourth-order valence-corrected chi connectivity index (χ4v) is 5.39. The second kappa shape index (κ2) is 8.07. The van der Waals surface area contributed by atoms with Gasteiger partial charge in [-0.05, 0) is 57.7 Å². The number of fused-ring (bicyclic) bond motifs is 2. The topological polar surface area (TPSA) is 105 Å². The van der Waals surface area contributed by atoms with E-state index < -0.39 is 15.7 Å². The molecule has 2 unspecified atom stereocenters. The first-order valence-corrected chi connectivity index (χ1v) is 13.3. The van der Waals surface area contributed by atoms with E-state index in [0.717, 1.165) is 49.4 Å². The van der Waals surface area contributed by atoms with Crippen molar-refractivity contribution >= 4 is 33.3 Å². The van der Waals surface area contributed by atoms with E-state index in [-0.39, 0.29) is 34.4 Å². The minimum atomic E-state index is -3.50. The van der Waals surface area contributed by atoms with Gasteiger partial charge in [0.1, 0.15) is 29.4 Å². The Labute approximate surface area is 198 Å². The van der Waals surface area contributed by atoms with Crippen LogP contribution in [0, 0.1) is 12.7 Å². The van der Waals surface area contributed by atoms with Crippen molar-refractivity contribution in [3.8, 4) is 0 Å². The van der Waals surface area contributed by atoms with Gasteiger partial charge >= 0.3 is 6.09 Å². The van der Waals surface area contributed by atoms with E-state index in [1.165, 1.54) is 18.5 Å². The molecule has 5 rings (SSSR count). The molecule has 34 heavy (non-hydrogen) atoms. The highest BCUT2D eigenvalue weighted by Gasteiger charge is 2.48. The Hall–Kier alpha value is -2.95. The van der Waals surface area contributed by atoms with E-state index in [4.69, 9.17) is 4.74 Å². The second-order valence-corrected chi connectivity index (χ2v) is 11.7. The number of anilines is 3. The quantitative estimate of drug-likeness (QED) is 0.681. The summed E-state index contributed by atoms with van der Waals surface area (Å²) in [5.74, 6) is 0.480. The molecule has 0 radical (unpaired) electrons. The lowest BCUT2D eigenvalue weighted by atomic mass is 10.1. The standard InChI is InChI=1S/C23H28FN5O4S/c1-14-20(27-19-7-6-17(10-18(19)24)34(3,31)32)25-13-26-21(14)28-11-15-4-5-16(12-28)29(15)22(30)33-23(2)8-9-23/h6-7,10,13,15-16H,4-5,8-9,11-12H2,1-3H3,(H,25,26,27). The maximum atomic E-state index is 14.6. The molecular formula is C23H28FN5O4S. The molecule has 1 aliphatic carbocycles. The van der Waals surface area contributed by atoms with Crippen LogP contribution in [0.25, 0.3) is 0 Å². The van der Waals surface area contributed by atoms with E-state index in [1.807, 2.05) is 18.7 Å². The molecule has 2 saturated heterocycles. The zero-order valence-electron chi connectivity index (χ0n) is 19.4. The van der Waals surface area contributed by atoms with Gasteiger partial charge in [-0.2, -0.15) is 0 Å². The van der Waals surface area contributed by atoms with Gasteiger partial charge in [-0.15, -0.1) is 0 Å². The summed E-state index contributed by atoms with van der Waals surface area (Å²) < 4.78 is 43.6. The van der Waals surface area contributed by atoms with Crippen molar-refractivity contribution in [2.45, 2.75) is 62.1 Å². The van der Waals surface area contributed by atoms with Crippen LogP contribution in [0.5, 0.6) is 0 Å². The molecule has 3 aliphatic rings. The number of carbonyl (C=O) groups excluding carboxylic acids is 1. The fourth-order valence-electron chi connectivity index (χ4n) is 4.76. The smallest absolute Gasteiger partial charge is 0.410 e. The number of nitrogens with one attached hydrogen (secondary N) is 1. The second-order valence-electron chi connectivity index (χ2n) is 9.72. The molecular weight excluding hydrogens is 461 g/mol. The highest BCUT2D eigenvalue weighted by molar-refractivity contribution is 7.90. The molecule has 2 bridgehead atoms. The van der Waals surface area contributed by atoms with Crippen molar-refractivity contribution in [2.24, 2.45) is 0 Å². The van der Waals surface area contributed by atoms with Crippen LogP contribution in [0.1, 0.15) is 38.2 Å². The van der Waals surface area contributed by atoms with Crippen LogP contribution >= 0.6 is 0 Å². The predicted octanol–water partition coefficient (Wildman–Crippen LogP) is 3.41. The average Bonchev–Trinajstić information content (AvgIpc) is 3.42. The summed E-state index contributed by atoms with van der Waals surface area (Å²) in [7, 11) is -3.50. The molecule has 9 nitrogen and oxygen atoms in total. The van der Waals surface area contributed by atoms with Gasteiger partial charge in [0.25, 0.3) is 0 Å². The zero-order chi connectivity index (χ0) is 24.3. The number of aromatic nitrogens is 2. The van der Waals surface area contributed by atoms with Crippen molar-refractivity contribution in [1.82, 2.24) is 14.9 Å². The van der Waals surface area contributed by atoms with Crippen LogP contribution in [0.2, 0.25) is 0 Å². The molecule has 1 aromatic heterocycles. The van der Waals surface area contributed by atoms with E-state index in [0.29, 0.717) is 18.9 Å². The summed E-state index contributed by atoms with van der Waals surface area (Å²) in [6.07, 6.45) is 5.91. The van der Waals surface area contributed by atoms with E-state index in [9.17, 15) is 17.6 Å². The van der Waals surface area contributed by atoms with Gasteiger partial charge < -0.3 is 15.0 Å². The van der Waals surface area contributed by atoms with Crippen LogP contribution in [0.3, 0.4) is 0 Å². The summed E-state index contributed by atoms with van der Waals surface area (Å²) >= 11 is 0. The average molecular weight is 490 g/mol. The number of piperazine rings is 1. The van der Waals surface area contributed by atoms with Gasteiger partial charge in [-0.3, -0.25) is 4.90 Å². The molecule has 0 spiro atoms. The Morgan fingerprint density at radius 2 is 1.88 bits per heavy atom. The molecule has 2 atom stereocenters. The molecule has 1 saturated carbocycles. The molecule has 3 fully saturated rings. The third-order valence-corrected chi connectivity index (χ3v) is 8.07. The Morgan fingerprint density at radius 3 is 2.47 bits per heavy atom. The number of nitrogens with zero attached hydrogens (tertiary/aromatic N) is 4. The van der Waals surface area contributed by atoms with Gasteiger partial charge in [0, 0.05) is 24.9 Å². The largest absolute Gasteiger partial charge is 0.443 e. The van der Waals surface area contributed by atoms with E-state index in [1.54, 1.807) is 0 Å². The predicted molar refractivity (Wildman–Crippen MR) is 125 cm³/mol. The number of halogens is 1. The number of hydrogen-bond acceptors (Lipinski definition) is 8. The number of sulfone groups is 1. The van der Waals surface area contributed by atoms with Crippen molar-refractivity contribution in [3.05, 3.63) is 35.9 Å². The van der Waals surface area contributed by atoms with Crippen molar-refractivity contribution in [1.29, 1.82) is 0 Å². The van der Waals surface area contributed by atoms with Crippen molar-refractivity contribution in [3.63, 3.8) is 0 Å². The van der Waals surface area contributed by atoms with E-state index >= 15 is 0 Å². The Kier molecular flexibility index (Phi) is 5.42. The highest BCUT2D eigenvalue weighted by Crippen LogP contribution is 2.41. The Morgan fingerprint density at radius 1 is 1.21 bits per heavy atom. The Bertz CT molecular complexity index is 1240. The molecule has 1 amide bonds. The first kappa shape index (κ1) is 22.8. The first-order chi connectivity index (χ1) is 16.0. The van der Waals surface area contributed by atoms with Gasteiger partial charge in [0.05, 0.1) is 22.7 Å². The molecule has 2 aromatic rings. The SMILES string of the molecule is Cc1c(Nc2ccc(S(C)(=O)=O)cc2F)ncnc1N1CC2CCC(C1)N2C(=O)OC1(C)CC1. The lowest BCUT2D eigenvalue weighted by Gasteiger charge is -2.41. The lowest BCUT2D eigenvalue weighted by molar-refractivity contribution is 0.0414. The highest BCUT2D eigenvalue weighted by atomic mass is 32.2. The number of benzene rings is 1. The molecule has 11 heteroatoms. The van der Waals surface area contributed by atoms with Gasteiger partial charge in [-0.1, -0.05) is 0 Å². The molecule has 3 heterocycles. The molecule has 2 aliphatic heterocycles. The summed E-state index contributed by atoms with van der Waals surface area (Å²) in [6, 6.07) is 3.85. The van der Waals surface area contributed by atoms with Crippen LogP contribution in [0.4, 0.5) is 26.5 Å². The van der Waals surface area contributed by atoms with Gasteiger partial charge in [0.2, 0.25) is 0 Å². The third-order valence-electron chi connectivity index (χ3n) is 6.96. The number of ether oxygens (including phenoxy) is 1. The minimum Gasteiger partial charge on any atom is -0.443 e. The normalized spacial score (nSPS) is 23.1. The minimum absolute atomic E-state index is 0.0559. The number of hydrogen-bond donors (Lipinski definition) is 1. The number of amides is 1. The van der Waals surface area contributed by atoms with Crippen LogP contribution < -0.4 is 10.2 Å². The van der Waals surface area contributed by atoms with E-state index in [2.05, 4.69) is 20.2 Å². The van der Waals surface area contributed by atoms with Crippen LogP contribution in [0.15, 0.2) is 29.4 Å². The summed E-state index contributed by atoms with van der Waals surface area (Å²) in [6.45, 7) is 5.10. The van der Waals surface area contributed by atoms with Crippen molar-refractivity contribution in [2.75, 3.05) is 29.6 Å². The summed E-state index contributed by atoms with van der Waals surface area (Å²) in [5, 5.41) is 2.96. The van der Waals surface area contributed by atoms with Crippen molar-refractivity contribution < 1.29 is 22.3 Å².